The minimum atomic E-state index is -0.189. The molecule has 0 saturated heterocycles. The number of carbonyl (C=O) groups is 2. The number of allylic oxidation sites excluding steroid dienone is 2. The summed E-state index contributed by atoms with van der Waals surface area (Å²) in [5.41, 5.74) is 4.33. The Hall–Kier alpha value is -2.10. The highest BCUT2D eigenvalue weighted by molar-refractivity contribution is 6.35. The molecule has 138 valence electrons. The lowest BCUT2D eigenvalue weighted by molar-refractivity contribution is -0.119. The van der Waals surface area contributed by atoms with Crippen LogP contribution in [0.3, 0.4) is 0 Å². The standard InChI is InChI=1S/C22H19Cl2NO2/c1-13-4-2-5-14(8-13)18-12-21(27)25(17-10-15(23)9-16(24)11-17)19-6-3-7-20(26)22(18)19/h2,4-5,8-11,18H,3,6-7,12H2,1H3. The van der Waals surface area contributed by atoms with E-state index in [-0.39, 0.29) is 24.0 Å². The summed E-state index contributed by atoms with van der Waals surface area (Å²) in [6.45, 7) is 2.02. The van der Waals surface area contributed by atoms with E-state index in [1.165, 1.54) is 0 Å². The minimum Gasteiger partial charge on any atom is -0.294 e. The lowest BCUT2D eigenvalue weighted by Crippen LogP contribution is -2.40. The fraction of sp³-hybridized carbons (Fsp3) is 0.273. The van der Waals surface area contributed by atoms with Crippen LogP contribution in [-0.4, -0.2) is 11.7 Å². The van der Waals surface area contributed by atoms with E-state index in [1.807, 2.05) is 25.1 Å². The monoisotopic (exact) mass is 399 g/mol. The van der Waals surface area contributed by atoms with Crippen LogP contribution in [0.15, 0.2) is 53.7 Å². The summed E-state index contributed by atoms with van der Waals surface area (Å²) in [5, 5.41) is 0.936. The number of anilines is 1. The zero-order chi connectivity index (χ0) is 19.1. The predicted molar refractivity (Wildman–Crippen MR) is 108 cm³/mol. The van der Waals surface area contributed by atoms with Gasteiger partial charge < -0.3 is 0 Å². The molecule has 0 radical (unpaired) electrons. The van der Waals surface area contributed by atoms with E-state index in [9.17, 15) is 9.59 Å². The molecule has 1 atom stereocenters. The van der Waals surface area contributed by atoms with E-state index in [0.29, 0.717) is 28.6 Å². The van der Waals surface area contributed by atoms with Crippen molar-refractivity contribution in [2.24, 2.45) is 0 Å². The van der Waals surface area contributed by atoms with Gasteiger partial charge >= 0.3 is 0 Å². The van der Waals surface area contributed by atoms with Crippen molar-refractivity contribution in [3.8, 4) is 0 Å². The first-order chi connectivity index (χ1) is 12.9. The van der Waals surface area contributed by atoms with Crippen LogP contribution in [0.2, 0.25) is 10.0 Å². The Morgan fingerprint density at radius 2 is 1.74 bits per heavy atom. The first-order valence-corrected chi connectivity index (χ1v) is 9.81. The van der Waals surface area contributed by atoms with Gasteiger partial charge in [0, 0.05) is 40.1 Å². The van der Waals surface area contributed by atoms with Gasteiger partial charge in [-0.25, -0.2) is 0 Å². The molecule has 1 aliphatic heterocycles. The maximum absolute atomic E-state index is 13.1. The van der Waals surface area contributed by atoms with Crippen LogP contribution in [0.1, 0.15) is 42.7 Å². The fourth-order valence-corrected chi connectivity index (χ4v) is 4.65. The number of amides is 1. The zero-order valence-corrected chi connectivity index (χ0v) is 16.5. The summed E-state index contributed by atoms with van der Waals surface area (Å²) in [6.07, 6.45) is 2.23. The molecule has 0 spiro atoms. The molecule has 0 bridgehead atoms. The van der Waals surface area contributed by atoms with E-state index >= 15 is 0 Å². The van der Waals surface area contributed by atoms with Crippen molar-refractivity contribution in [2.75, 3.05) is 4.90 Å². The van der Waals surface area contributed by atoms with Crippen molar-refractivity contribution in [2.45, 2.75) is 38.5 Å². The fourth-order valence-electron chi connectivity index (χ4n) is 4.13. The smallest absolute Gasteiger partial charge is 0.232 e. The molecule has 4 rings (SSSR count). The number of nitrogens with zero attached hydrogens (tertiary/aromatic N) is 1. The van der Waals surface area contributed by atoms with Crippen LogP contribution < -0.4 is 4.90 Å². The summed E-state index contributed by atoms with van der Waals surface area (Å²) in [6, 6.07) is 13.2. The molecular formula is C22H19Cl2NO2. The Morgan fingerprint density at radius 1 is 1.00 bits per heavy atom. The molecule has 1 unspecified atom stereocenters. The number of halogens is 2. The number of Topliss-reactive ketones (excluding diaryl/α,β-unsaturated/α-hetero) is 1. The number of benzene rings is 2. The third-order valence-corrected chi connectivity index (χ3v) is 5.66. The van der Waals surface area contributed by atoms with Gasteiger partial charge in [-0.15, -0.1) is 0 Å². The summed E-state index contributed by atoms with van der Waals surface area (Å²) in [4.78, 5) is 27.7. The molecule has 0 N–H and O–H groups in total. The van der Waals surface area contributed by atoms with Gasteiger partial charge in [-0.05, 0) is 43.5 Å². The largest absolute Gasteiger partial charge is 0.294 e. The molecule has 1 amide bonds. The van der Waals surface area contributed by atoms with Crippen LogP contribution in [0.5, 0.6) is 0 Å². The van der Waals surface area contributed by atoms with Crippen LogP contribution in [0.4, 0.5) is 5.69 Å². The second-order valence-electron chi connectivity index (χ2n) is 7.16. The number of rotatable bonds is 2. The van der Waals surface area contributed by atoms with Crippen molar-refractivity contribution in [3.63, 3.8) is 0 Å². The van der Waals surface area contributed by atoms with Crippen LogP contribution >= 0.6 is 23.2 Å². The van der Waals surface area contributed by atoms with E-state index in [0.717, 1.165) is 28.8 Å². The van der Waals surface area contributed by atoms with Crippen molar-refractivity contribution in [3.05, 3.63) is 74.9 Å². The summed E-state index contributed by atoms with van der Waals surface area (Å²) >= 11 is 12.3. The summed E-state index contributed by atoms with van der Waals surface area (Å²) in [5.74, 6) is -0.0900. The van der Waals surface area contributed by atoms with Gasteiger partial charge in [-0.1, -0.05) is 53.0 Å². The topological polar surface area (TPSA) is 37.4 Å². The van der Waals surface area contributed by atoms with Crippen molar-refractivity contribution in [1.29, 1.82) is 0 Å². The second kappa shape index (κ2) is 7.14. The lowest BCUT2D eigenvalue weighted by atomic mass is 9.77. The molecule has 3 nitrogen and oxygen atoms in total. The Morgan fingerprint density at radius 3 is 2.44 bits per heavy atom. The third kappa shape index (κ3) is 3.42. The van der Waals surface area contributed by atoms with Gasteiger partial charge in [-0.3, -0.25) is 14.5 Å². The first kappa shape index (κ1) is 18.3. The molecule has 27 heavy (non-hydrogen) atoms. The zero-order valence-electron chi connectivity index (χ0n) is 15.0. The number of carbonyl (C=O) groups excluding carboxylic acids is 2. The second-order valence-corrected chi connectivity index (χ2v) is 8.04. The average molecular weight is 400 g/mol. The molecule has 5 heteroatoms. The Balaban J connectivity index is 1.88. The molecule has 2 aliphatic rings. The van der Waals surface area contributed by atoms with Crippen molar-refractivity contribution < 1.29 is 9.59 Å². The van der Waals surface area contributed by atoms with Gasteiger partial charge in [0.15, 0.2) is 5.78 Å². The average Bonchev–Trinajstić information content (AvgIpc) is 2.60. The molecular weight excluding hydrogens is 381 g/mol. The van der Waals surface area contributed by atoms with Crippen LogP contribution in [-0.2, 0) is 9.59 Å². The molecule has 0 fully saturated rings. The molecule has 0 aromatic heterocycles. The van der Waals surface area contributed by atoms with E-state index in [4.69, 9.17) is 23.2 Å². The number of aryl methyl sites for hydroxylation is 1. The van der Waals surface area contributed by atoms with Gasteiger partial charge in [-0.2, -0.15) is 0 Å². The van der Waals surface area contributed by atoms with Gasteiger partial charge in [0.2, 0.25) is 5.91 Å². The number of ketones is 1. The number of hydrogen-bond donors (Lipinski definition) is 0. The van der Waals surface area contributed by atoms with E-state index < -0.39 is 0 Å². The van der Waals surface area contributed by atoms with Crippen molar-refractivity contribution >= 4 is 40.6 Å². The highest BCUT2D eigenvalue weighted by atomic mass is 35.5. The molecule has 1 heterocycles. The Kier molecular flexibility index (Phi) is 4.83. The SMILES string of the molecule is Cc1cccc(C2CC(=O)N(c3cc(Cl)cc(Cl)c3)C3=C2C(=O)CCC3)c1. The third-order valence-electron chi connectivity index (χ3n) is 5.23. The lowest BCUT2D eigenvalue weighted by Gasteiger charge is -2.38. The molecule has 0 saturated carbocycles. The number of hydrogen-bond acceptors (Lipinski definition) is 2. The van der Waals surface area contributed by atoms with Crippen molar-refractivity contribution in [1.82, 2.24) is 0 Å². The highest BCUT2D eigenvalue weighted by Gasteiger charge is 2.39. The highest BCUT2D eigenvalue weighted by Crippen LogP contribution is 2.44. The van der Waals surface area contributed by atoms with Crippen LogP contribution in [0.25, 0.3) is 0 Å². The van der Waals surface area contributed by atoms with Gasteiger partial charge in [0.25, 0.3) is 0 Å². The summed E-state index contributed by atoms with van der Waals surface area (Å²) in [7, 11) is 0. The minimum absolute atomic E-state index is 0.0340. The van der Waals surface area contributed by atoms with E-state index in [1.54, 1.807) is 23.1 Å². The quantitative estimate of drug-likeness (QED) is 0.636. The predicted octanol–water partition coefficient (Wildman–Crippen LogP) is 5.83. The van der Waals surface area contributed by atoms with Crippen LogP contribution in [0, 0.1) is 6.92 Å². The first-order valence-electron chi connectivity index (χ1n) is 9.06. The maximum atomic E-state index is 13.1. The normalized spacial score (nSPS) is 20.1. The Labute approximate surface area is 168 Å². The maximum Gasteiger partial charge on any atom is 0.232 e. The van der Waals surface area contributed by atoms with E-state index in [2.05, 4.69) is 6.07 Å². The van der Waals surface area contributed by atoms with Gasteiger partial charge in [0.05, 0.1) is 5.69 Å². The summed E-state index contributed by atoms with van der Waals surface area (Å²) < 4.78 is 0. The molecule has 2 aromatic rings. The Bertz CT molecular complexity index is 960. The van der Waals surface area contributed by atoms with Gasteiger partial charge in [0.1, 0.15) is 0 Å². The molecule has 1 aliphatic carbocycles. The molecule has 2 aromatic carbocycles.